The van der Waals surface area contributed by atoms with Gasteiger partial charge in [-0.05, 0) is 60.3 Å². The van der Waals surface area contributed by atoms with Crippen LogP contribution < -0.4 is 0 Å². The largest absolute Gasteiger partial charge is 0.389 e. The fourth-order valence-electron chi connectivity index (χ4n) is 6.43. The van der Waals surface area contributed by atoms with Crippen LogP contribution in [0, 0.1) is 28.1 Å². The summed E-state index contributed by atoms with van der Waals surface area (Å²) in [6, 6.07) is 0. The van der Waals surface area contributed by atoms with Crippen LogP contribution in [-0.4, -0.2) is 23.9 Å². The fraction of sp³-hybridized carbons (Fsp3) is 0.900. The highest BCUT2D eigenvalue weighted by Gasteiger charge is 2.57. The van der Waals surface area contributed by atoms with Gasteiger partial charge in [0.1, 0.15) is 0 Å². The zero-order valence-corrected chi connectivity index (χ0v) is 14.7. The van der Waals surface area contributed by atoms with Crippen LogP contribution in [0.2, 0.25) is 0 Å². The Labute approximate surface area is 135 Å². The third-order valence-electron chi connectivity index (χ3n) is 7.86. The molecule has 3 fully saturated rings. The van der Waals surface area contributed by atoms with Crippen LogP contribution in [0.15, 0.2) is 11.6 Å². The van der Waals surface area contributed by atoms with Gasteiger partial charge in [0.2, 0.25) is 0 Å². The predicted octanol–water partition coefficient (Wildman–Crippen LogP) is 4.33. The summed E-state index contributed by atoms with van der Waals surface area (Å²) in [4.78, 5) is 0. The number of epoxide rings is 1. The standard InChI is InChI=1S/C20H32O2/c1-18(2)7-5-8-20(4)14-6-9-19(3,17-12-22-17)11-13(14)15(21)10-16(18)20/h11,14-17,21H,5-10,12H2,1-4H3/t14-,15+,16-,17?,19-,20+/m0/s1. The van der Waals surface area contributed by atoms with Gasteiger partial charge in [-0.2, -0.15) is 0 Å². The Kier molecular flexibility index (Phi) is 3.18. The summed E-state index contributed by atoms with van der Waals surface area (Å²) in [5, 5.41) is 10.9. The van der Waals surface area contributed by atoms with Gasteiger partial charge in [-0.1, -0.05) is 40.2 Å². The molecule has 2 heteroatoms. The molecule has 2 nitrogen and oxygen atoms in total. The first-order valence-corrected chi connectivity index (χ1v) is 9.29. The Balaban J connectivity index is 1.72. The third-order valence-corrected chi connectivity index (χ3v) is 7.86. The molecule has 0 radical (unpaired) electrons. The maximum atomic E-state index is 10.9. The maximum Gasteiger partial charge on any atom is 0.0897 e. The minimum Gasteiger partial charge on any atom is -0.389 e. The molecule has 0 aromatic carbocycles. The molecule has 4 aliphatic rings. The van der Waals surface area contributed by atoms with E-state index in [1.807, 2.05) is 0 Å². The van der Waals surface area contributed by atoms with Crippen LogP contribution in [-0.2, 0) is 4.74 Å². The Hall–Kier alpha value is -0.340. The van der Waals surface area contributed by atoms with Gasteiger partial charge >= 0.3 is 0 Å². The van der Waals surface area contributed by atoms with Gasteiger partial charge in [-0.15, -0.1) is 0 Å². The SMILES string of the molecule is CC1(C)CCC[C@]2(C)[C@H]3CC[C@](C)(C4CO4)C=C3[C@H](O)C[C@@H]12. The summed E-state index contributed by atoms with van der Waals surface area (Å²) in [6.45, 7) is 10.6. The van der Waals surface area contributed by atoms with Crippen LogP contribution in [0.3, 0.4) is 0 Å². The molecule has 1 unspecified atom stereocenters. The lowest BCUT2D eigenvalue weighted by Gasteiger charge is -2.60. The van der Waals surface area contributed by atoms with Gasteiger partial charge in [-0.3, -0.25) is 0 Å². The highest BCUT2D eigenvalue weighted by molar-refractivity contribution is 5.29. The summed E-state index contributed by atoms with van der Waals surface area (Å²) in [6.07, 6.45) is 10.1. The molecule has 0 spiro atoms. The van der Waals surface area contributed by atoms with Gasteiger partial charge in [0.25, 0.3) is 0 Å². The second kappa shape index (κ2) is 4.60. The molecule has 6 atom stereocenters. The first kappa shape index (κ1) is 15.2. The smallest absolute Gasteiger partial charge is 0.0897 e. The van der Waals surface area contributed by atoms with Crippen LogP contribution in [0.4, 0.5) is 0 Å². The zero-order valence-electron chi connectivity index (χ0n) is 14.7. The quantitative estimate of drug-likeness (QED) is 0.578. The van der Waals surface area contributed by atoms with E-state index in [-0.39, 0.29) is 11.5 Å². The summed E-state index contributed by atoms with van der Waals surface area (Å²) in [7, 11) is 0. The van der Waals surface area contributed by atoms with Crippen LogP contribution >= 0.6 is 0 Å². The second-order valence-corrected chi connectivity index (χ2v) is 9.72. The second-order valence-electron chi connectivity index (χ2n) is 9.72. The van der Waals surface area contributed by atoms with E-state index in [1.54, 1.807) is 0 Å². The van der Waals surface area contributed by atoms with Crippen LogP contribution in [0.25, 0.3) is 0 Å². The molecule has 124 valence electrons. The van der Waals surface area contributed by atoms with E-state index in [0.29, 0.717) is 28.8 Å². The molecule has 2 saturated carbocycles. The highest BCUT2D eigenvalue weighted by atomic mass is 16.6. The van der Waals surface area contributed by atoms with Crippen LogP contribution in [0.1, 0.15) is 66.2 Å². The van der Waals surface area contributed by atoms with Gasteiger partial charge < -0.3 is 9.84 Å². The minimum absolute atomic E-state index is 0.167. The molecule has 1 saturated heterocycles. The van der Waals surface area contributed by atoms with Crippen molar-refractivity contribution in [2.75, 3.05) is 6.61 Å². The number of rotatable bonds is 1. The van der Waals surface area contributed by atoms with E-state index in [4.69, 9.17) is 4.74 Å². The molecule has 1 heterocycles. The average molecular weight is 304 g/mol. The first-order valence-electron chi connectivity index (χ1n) is 9.29. The highest BCUT2D eigenvalue weighted by Crippen LogP contribution is 2.64. The Morgan fingerprint density at radius 1 is 1.14 bits per heavy atom. The lowest BCUT2D eigenvalue weighted by Crippen LogP contribution is -2.54. The summed E-state index contributed by atoms with van der Waals surface area (Å²) in [5.74, 6) is 1.25. The van der Waals surface area contributed by atoms with Gasteiger partial charge in [0.15, 0.2) is 0 Å². The molecule has 22 heavy (non-hydrogen) atoms. The molecule has 1 N–H and O–H groups in total. The number of hydrogen-bond acceptors (Lipinski definition) is 2. The van der Waals surface area contributed by atoms with E-state index in [0.717, 1.165) is 13.0 Å². The first-order chi connectivity index (χ1) is 10.3. The van der Waals surface area contributed by atoms with Crippen LogP contribution in [0.5, 0.6) is 0 Å². The number of aliphatic hydroxyl groups excluding tert-OH is 1. The van der Waals surface area contributed by atoms with Crippen molar-refractivity contribution >= 4 is 0 Å². The molecule has 0 amide bonds. The maximum absolute atomic E-state index is 10.9. The number of hydrogen-bond donors (Lipinski definition) is 1. The predicted molar refractivity (Wildman–Crippen MR) is 88.5 cm³/mol. The van der Waals surface area contributed by atoms with Crippen molar-refractivity contribution in [1.82, 2.24) is 0 Å². The van der Waals surface area contributed by atoms with Crippen molar-refractivity contribution < 1.29 is 9.84 Å². The monoisotopic (exact) mass is 304 g/mol. The molecule has 3 aliphatic carbocycles. The van der Waals surface area contributed by atoms with E-state index < -0.39 is 0 Å². The minimum atomic E-state index is -0.223. The van der Waals surface area contributed by atoms with E-state index in [9.17, 15) is 5.11 Å². The third kappa shape index (κ3) is 2.06. The topological polar surface area (TPSA) is 32.8 Å². The van der Waals surface area contributed by atoms with E-state index in [2.05, 4.69) is 33.8 Å². The zero-order chi connectivity index (χ0) is 15.8. The van der Waals surface area contributed by atoms with E-state index in [1.165, 1.54) is 37.7 Å². The Bertz CT molecular complexity index is 504. The van der Waals surface area contributed by atoms with Crippen molar-refractivity contribution in [1.29, 1.82) is 0 Å². The van der Waals surface area contributed by atoms with Crippen molar-refractivity contribution in [2.24, 2.45) is 28.1 Å². The van der Waals surface area contributed by atoms with Gasteiger partial charge in [0, 0.05) is 5.41 Å². The molecule has 1 aliphatic heterocycles. The number of ether oxygens (including phenoxy) is 1. The summed E-state index contributed by atoms with van der Waals surface area (Å²) in [5.41, 5.74) is 2.29. The normalized spacial score (nSPS) is 53.2. The fourth-order valence-corrected chi connectivity index (χ4v) is 6.43. The van der Waals surface area contributed by atoms with Gasteiger partial charge in [0.05, 0.1) is 18.8 Å². The molecule has 0 aromatic rings. The molecule has 0 bridgehead atoms. The number of aliphatic hydroxyl groups is 1. The van der Waals surface area contributed by atoms with Crippen molar-refractivity contribution in [2.45, 2.75) is 78.4 Å². The lowest BCUT2D eigenvalue weighted by atomic mass is 9.45. The Morgan fingerprint density at radius 2 is 1.86 bits per heavy atom. The van der Waals surface area contributed by atoms with Crippen molar-refractivity contribution in [3.8, 4) is 0 Å². The lowest BCUT2D eigenvalue weighted by molar-refractivity contribution is -0.0898. The Morgan fingerprint density at radius 3 is 2.55 bits per heavy atom. The molecular weight excluding hydrogens is 272 g/mol. The molecule has 0 aromatic heterocycles. The van der Waals surface area contributed by atoms with Crippen molar-refractivity contribution in [3.63, 3.8) is 0 Å². The summed E-state index contributed by atoms with van der Waals surface area (Å²) >= 11 is 0. The average Bonchev–Trinajstić information content (AvgIpc) is 3.26. The number of fused-ring (bicyclic) bond motifs is 3. The van der Waals surface area contributed by atoms with Gasteiger partial charge in [-0.25, -0.2) is 0 Å². The molecule has 4 rings (SSSR count). The summed E-state index contributed by atoms with van der Waals surface area (Å²) < 4.78 is 5.60. The van der Waals surface area contributed by atoms with Crippen molar-refractivity contribution in [3.05, 3.63) is 11.6 Å². The molecular formula is C20H32O2. The van der Waals surface area contributed by atoms with E-state index >= 15 is 0 Å².